The summed E-state index contributed by atoms with van der Waals surface area (Å²) in [6.45, 7) is 0. The van der Waals surface area contributed by atoms with Crippen LogP contribution in [0.15, 0.2) is 12.1 Å². The Morgan fingerprint density at radius 2 is 1.81 bits per heavy atom. The van der Waals surface area contributed by atoms with Crippen LogP contribution in [0.25, 0.3) is 10.9 Å². The number of carboxylic acids is 1. The Bertz CT molecular complexity index is 854. The number of hydrogen-bond donors (Lipinski definition) is 3. The summed E-state index contributed by atoms with van der Waals surface area (Å²) in [4.78, 5) is 24.4. The lowest BCUT2D eigenvalue weighted by Crippen LogP contribution is -2.52. The largest absolute Gasteiger partial charge is 0.493 e. The van der Waals surface area contributed by atoms with Crippen molar-refractivity contribution in [3.05, 3.63) is 17.8 Å². The number of nitrogens with one attached hydrogen (secondary N) is 1. The first kappa shape index (κ1) is 18.0. The van der Waals surface area contributed by atoms with E-state index in [1.165, 1.54) is 18.9 Å². The van der Waals surface area contributed by atoms with Crippen LogP contribution in [-0.4, -0.2) is 41.0 Å². The van der Waals surface area contributed by atoms with E-state index < -0.39 is 11.5 Å². The average Bonchev–Trinajstić information content (AvgIpc) is 3.05. The number of carbonyl (C=O) groups excluding carboxylic acids is 1. The van der Waals surface area contributed by atoms with E-state index in [0.29, 0.717) is 35.2 Å². The van der Waals surface area contributed by atoms with Crippen molar-refractivity contribution in [2.45, 2.75) is 37.6 Å². The first-order chi connectivity index (χ1) is 12.5. The van der Waals surface area contributed by atoms with Crippen LogP contribution in [0.4, 0.5) is 0 Å². The zero-order valence-corrected chi connectivity index (χ0v) is 14.7. The summed E-state index contributed by atoms with van der Waals surface area (Å²) < 4.78 is 12.1. The van der Waals surface area contributed by atoms with E-state index >= 15 is 0 Å². The highest BCUT2D eigenvalue weighted by molar-refractivity contribution is 6.03. The van der Waals surface area contributed by atoms with E-state index in [4.69, 9.17) is 15.3 Å². The molecular weight excluding hydrogens is 340 g/mol. The fraction of sp³-hybridized carbons (Fsp3) is 0.471. The van der Waals surface area contributed by atoms with Crippen molar-refractivity contribution < 1.29 is 24.2 Å². The number of rotatable bonds is 5. The summed E-state index contributed by atoms with van der Waals surface area (Å²) in [7, 11) is 2.96. The lowest BCUT2D eigenvalue weighted by molar-refractivity contribution is -0.132. The molecule has 0 spiro atoms. The highest BCUT2D eigenvalue weighted by Crippen LogP contribution is 2.40. The van der Waals surface area contributed by atoms with Gasteiger partial charge in [-0.05, 0) is 18.9 Å². The molecule has 0 atom stereocenters. The van der Waals surface area contributed by atoms with Gasteiger partial charge in [-0.3, -0.25) is 10.2 Å². The van der Waals surface area contributed by atoms with Crippen molar-refractivity contribution in [2.24, 2.45) is 5.84 Å². The molecule has 1 aliphatic carbocycles. The lowest BCUT2D eigenvalue weighted by atomic mass is 9.81. The minimum absolute atomic E-state index is 0.143. The second kappa shape index (κ2) is 6.83. The van der Waals surface area contributed by atoms with Gasteiger partial charge in [0.15, 0.2) is 17.2 Å². The quantitative estimate of drug-likeness (QED) is 0.416. The molecule has 1 fully saturated rings. The Labute approximate surface area is 150 Å². The van der Waals surface area contributed by atoms with Gasteiger partial charge in [0.1, 0.15) is 5.54 Å². The summed E-state index contributed by atoms with van der Waals surface area (Å²) in [5.74, 6) is 4.69. The maximum atomic E-state index is 12.7. The van der Waals surface area contributed by atoms with Gasteiger partial charge < -0.3 is 14.6 Å². The number of methoxy groups -OCH3 is 2. The van der Waals surface area contributed by atoms with Crippen LogP contribution in [0.3, 0.4) is 0 Å². The average molecular weight is 362 g/mol. The standard InChI is InChI=1S/C17H22N4O5/c1-25-12-8-10-11(9-13(12)26-2)21(20-14(10)15(22)23)17(16(24)19-18)6-4-3-5-7-17/h8-9H,3-7,18H2,1-2H3,(H,19,24)(H,22,23). The number of benzene rings is 1. The van der Waals surface area contributed by atoms with Gasteiger partial charge in [0.25, 0.3) is 5.91 Å². The van der Waals surface area contributed by atoms with Gasteiger partial charge in [-0.25, -0.2) is 15.3 Å². The first-order valence-corrected chi connectivity index (χ1v) is 8.38. The van der Waals surface area contributed by atoms with Gasteiger partial charge in [0.2, 0.25) is 0 Å². The molecule has 1 aliphatic rings. The van der Waals surface area contributed by atoms with E-state index in [9.17, 15) is 14.7 Å². The van der Waals surface area contributed by atoms with E-state index in [2.05, 4.69) is 10.5 Å². The van der Waals surface area contributed by atoms with Crippen molar-refractivity contribution in [1.82, 2.24) is 15.2 Å². The first-order valence-electron chi connectivity index (χ1n) is 8.38. The molecule has 3 rings (SSSR count). The van der Waals surface area contributed by atoms with Gasteiger partial charge in [0.05, 0.1) is 19.7 Å². The van der Waals surface area contributed by atoms with Gasteiger partial charge in [0, 0.05) is 11.5 Å². The summed E-state index contributed by atoms with van der Waals surface area (Å²) in [5, 5.41) is 14.3. The van der Waals surface area contributed by atoms with Crippen LogP contribution in [0, 0.1) is 0 Å². The summed E-state index contributed by atoms with van der Waals surface area (Å²) in [5.41, 5.74) is 1.54. The SMILES string of the molecule is COc1cc2c(C(=O)O)nn(C3(C(=O)NN)CCCCC3)c2cc1OC. The Morgan fingerprint density at radius 1 is 1.19 bits per heavy atom. The topological polar surface area (TPSA) is 129 Å². The number of carbonyl (C=O) groups is 2. The fourth-order valence-electron chi connectivity index (χ4n) is 3.73. The number of carboxylic acid groups (broad SMARTS) is 1. The number of nitrogens with two attached hydrogens (primary N) is 1. The highest BCUT2D eigenvalue weighted by atomic mass is 16.5. The molecule has 9 heteroatoms. The smallest absolute Gasteiger partial charge is 0.357 e. The minimum atomic E-state index is -1.18. The molecule has 0 bridgehead atoms. The van der Waals surface area contributed by atoms with Crippen molar-refractivity contribution >= 4 is 22.8 Å². The molecule has 1 amide bonds. The van der Waals surface area contributed by atoms with Crippen molar-refractivity contribution in [1.29, 1.82) is 0 Å². The molecule has 1 aromatic carbocycles. The summed E-state index contributed by atoms with van der Waals surface area (Å²) in [6.07, 6.45) is 3.71. The van der Waals surface area contributed by atoms with Crippen LogP contribution in [0.5, 0.6) is 11.5 Å². The van der Waals surface area contributed by atoms with Crippen molar-refractivity contribution in [2.75, 3.05) is 14.2 Å². The third-order valence-corrected chi connectivity index (χ3v) is 5.03. The zero-order valence-electron chi connectivity index (χ0n) is 14.7. The van der Waals surface area contributed by atoms with Crippen LogP contribution in [0.1, 0.15) is 42.6 Å². The number of amides is 1. The predicted octanol–water partition coefficient (Wildman–Crippen LogP) is 1.40. The molecule has 9 nitrogen and oxygen atoms in total. The summed E-state index contributed by atoms with van der Waals surface area (Å²) >= 11 is 0. The lowest BCUT2D eigenvalue weighted by Gasteiger charge is -2.36. The van der Waals surface area contributed by atoms with Gasteiger partial charge in [-0.1, -0.05) is 19.3 Å². The van der Waals surface area contributed by atoms with E-state index in [0.717, 1.165) is 19.3 Å². The predicted molar refractivity (Wildman–Crippen MR) is 93.2 cm³/mol. The molecule has 0 unspecified atom stereocenters. The van der Waals surface area contributed by atoms with E-state index in [-0.39, 0.29) is 11.6 Å². The number of fused-ring (bicyclic) bond motifs is 1. The number of hydrazine groups is 1. The molecule has 1 aromatic heterocycles. The van der Waals surface area contributed by atoms with Crippen LogP contribution < -0.4 is 20.7 Å². The van der Waals surface area contributed by atoms with Crippen molar-refractivity contribution in [3.63, 3.8) is 0 Å². The number of ether oxygens (including phenoxy) is 2. The molecule has 0 radical (unpaired) electrons. The number of aromatic carboxylic acids is 1. The number of nitrogens with zero attached hydrogens (tertiary/aromatic N) is 2. The van der Waals surface area contributed by atoms with Gasteiger partial charge >= 0.3 is 5.97 Å². The van der Waals surface area contributed by atoms with E-state index in [1.807, 2.05) is 0 Å². The Balaban J connectivity index is 2.33. The molecule has 1 saturated carbocycles. The van der Waals surface area contributed by atoms with E-state index in [1.54, 1.807) is 12.1 Å². The third kappa shape index (κ3) is 2.64. The second-order valence-electron chi connectivity index (χ2n) is 6.36. The number of hydrogen-bond acceptors (Lipinski definition) is 6. The van der Waals surface area contributed by atoms with Crippen LogP contribution >= 0.6 is 0 Å². The Morgan fingerprint density at radius 3 is 2.35 bits per heavy atom. The molecule has 140 valence electrons. The zero-order chi connectivity index (χ0) is 18.9. The number of aromatic nitrogens is 2. The fourth-order valence-corrected chi connectivity index (χ4v) is 3.73. The molecular formula is C17H22N4O5. The maximum Gasteiger partial charge on any atom is 0.357 e. The maximum absolute atomic E-state index is 12.7. The molecule has 0 saturated heterocycles. The monoisotopic (exact) mass is 362 g/mol. The van der Waals surface area contributed by atoms with Gasteiger partial charge in [-0.2, -0.15) is 5.10 Å². The Kier molecular flexibility index (Phi) is 4.73. The normalized spacial score (nSPS) is 16.3. The van der Waals surface area contributed by atoms with Crippen LogP contribution in [-0.2, 0) is 10.3 Å². The molecule has 4 N–H and O–H groups in total. The molecule has 1 heterocycles. The molecule has 26 heavy (non-hydrogen) atoms. The summed E-state index contributed by atoms with van der Waals surface area (Å²) in [6, 6.07) is 3.21. The van der Waals surface area contributed by atoms with Crippen LogP contribution in [0.2, 0.25) is 0 Å². The highest BCUT2D eigenvalue weighted by Gasteiger charge is 2.43. The second-order valence-corrected chi connectivity index (χ2v) is 6.36. The van der Waals surface area contributed by atoms with Gasteiger partial charge in [-0.15, -0.1) is 0 Å². The van der Waals surface area contributed by atoms with Crippen molar-refractivity contribution in [3.8, 4) is 11.5 Å². The minimum Gasteiger partial charge on any atom is -0.493 e. The third-order valence-electron chi connectivity index (χ3n) is 5.03. The Hall–Kier alpha value is -2.81. The molecule has 0 aliphatic heterocycles. The molecule has 2 aromatic rings.